The zero-order valence-electron chi connectivity index (χ0n) is 6.13. The number of piperazine rings is 1. The monoisotopic (exact) mass is 165 g/mol. The largest absolute Gasteiger partial charge is 0.366 e. The van der Waals surface area contributed by atoms with Gasteiger partial charge in [0.15, 0.2) is 0 Å². The Balaban J connectivity index is 2.25. The van der Waals surface area contributed by atoms with Crippen molar-refractivity contribution >= 4 is 11.8 Å². The van der Waals surface area contributed by atoms with E-state index in [1.165, 1.54) is 0 Å². The van der Waals surface area contributed by atoms with Crippen molar-refractivity contribution in [2.24, 2.45) is 0 Å². The molecule has 1 saturated heterocycles. The van der Waals surface area contributed by atoms with E-state index in [0.717, 1.165) is 0 Å². The van der Waals surface area contributed by atoms with Gasteiger partial charge in [0, 0.05) is 0 Å². The molecule has 0 bridgehead atoms. The van der Waals surface area contributed by atoms with Crippen molar-refractivity contribution in [1.29, 1.82) is 0 Å². The van der Waals surface area contributed by atoms with Crippen molar-refractivity contribution in [3.8, 4) is 0 Å². The van der Waals surface area contributed by atoms with Crippen LogP contribution in [0.3, 0.4) is 0 Å². The number of nitrogens with one attached hydrogen (secondary N) is 3. The van der Waals surface area contributed by atoms with Crippen LogP contribution in [0.15, 0.2) is 24.0 Å². The second-order valence-corrected chi connectivity index (χ2v) is 2.51. The lowest BCUT2D eigenvalue weighted by atomic mass is 10.2. The van der Waals surface area contributed by atoms with Gasteiger partial charge < -0.3 is 16.0 Å². The van der Waals surface area contributed by atoms with E-state index in [-0.39, 0.29) is 6.17 Å². The highest BCUT2D eigenvalue weighted by Gasteiger charge is 2.28. The average Bonchev–Trinajstić information content (AvgIpc) is 2.07. The van der Waals surface area contributed by atoms with Crippen molar-refractivity contribution in [3.05, 3.63) is 24.0 Å². The summed E-state index contributed by atoms with van der Waals surface area (Å²) in [6.07, 6.45) is 4.90. The standard InChI is InChI=1S/C7H7N3O2/c11-6-7(12)10-5-4(9-6)2-1-3-8-5/h1-3,5,8H,(H,9,11)(H,10,12). The van der Waals surface area contributed by atoms with Gasteiger partial charge in [-0.2, -0.15) is 0 Å². The minimum atomic E-state index is -0.616. The molecule has 3 N–H and O–H groups in total. The normalized spacial score (nSPS) is 26.3. The second kappa shape index (κ2) is 2.37. The Bertz CT molecular complexity index is 306. The maximum Gasteiger partial charge on any atom is 0.313 e. The SMILES string of the molecule is O=C1NC2=CC=CNC2NC1=O. The van der Waals surface area contributed by atoms with Gasteiger partial charge in [-0.15, -0.1) is 0 Å². The Morgan fingerprint density at radius 3 is 2.92 bits per heavy atom. The molecule has 0 aromatic heterocycles. The van der Waals surface area contributed by atoms with Crippen LogP contribution in [0.25, 0.3) is 0 Å². The Hall–Kier alpha value is -1.78. The summed E-state index contributed by atoms with van der Waals surface area (Å²) in [5.74, 6) is -1.23. The van der Waals surface area contributed by atoms with Gasteiger partial charge in [-0.3, -0.25) is 9.59 Å². The predicted molar refractivity (Wildman–Crippen MR) is 40.4 cm³/mol. The van der Waals surface area contributed by atoms with E-state index in [1.807, 2.05) is 0 Å². The van der Waals surface area contributed by atoms with Crippen LogP contribution < -0.4 is 16.0 Å². The van der Waals surface area contributed by atoms with Crippen molar-refractivity contribution < 1.29 is 9.59 Å². The third-order valence-electron chi connectivity index (χ3n) is 1.69. The minimum Gasteiger partial charge on any atom is -0.366 e. The summed E-state index contributed by atoms with van der Waals surface area (Å²) < 4.78 is 0. The van der Waals surface area contributed by atoms with Crippen LogP contribution in [-0.2, 0) is 9.59 Å². The van der Waals surface area contributed by atoms with Crippen LogP contribution >= 0.6 is 0 Å². The highest BCUT2D eigenvalue weighted by atomic mass is 16.2. The molecule has 0 aromatic carbocycles. The van der Waals surface area contributed by atoms with E-state index in [9.17, 15) is 9.59 Å². The topological polar surface area (TPSA) is 70.2 Å². The summed E-state index contributed by atoms with van der Waals surface area (Å²) >= 11 is 0. The first-order valence-corrected chi connectivity index (χ1v) is 3.52. The van der Waals surface area contributed by atoms with Gasteiger partial charge in [-0.25, -0.2) is 0 Å². The molecule has 2 aliphatic rings. The van der Waals surface area contributed by atoms with Gasteiger partial charge in [0.05, 0.1) is 5.70 Å². The lowest BCUT2D eigenvalue weighted by Gasteiger charge is -2.28. The lowest BCUT2D eigenvalue weighted by molar-refractivity contribution is -0.140. The average molecular weight is 165 g/mol. The molecule has 2 heterocycles. The van der Waals surface area contributed by atoms with Crippen molar-refractivity contribution in [1.82, 2.24) is 16.0 Å². The van der Waals surface area contributed by atoms with Crippen molar-refractivity contribution in [2.45, 2.75) is 6.17 Å². The third kappa shape index (κ3) is 0.952. The predicted octanol–water partition coefficient (Wildman–Crippen LogP) is -1.44. The molecule has 0 aliphatic carbocycles. The Labute approximate surface area is 68.5 Å². The maximum atomic E-state index is 10.8. The number of allylic oxidation sites excluding steroid dienone is 2. The van der Waals surface area contributed by atoms with Gasteiger partial charge in [-0.1, -0.05) is 0 Å². The molecule has 12 heavy (non-hydrogen) atoms. The van der Waals surface area contributed by atoms with E-state index < -0.39 is 11.8 Å². The molecule has 0 saturated carbocycles. The molecule has 2 amide bonds. The number of dihydropyridines is 1. The van der Waals surface area contributed by atoms with Crippen LogP contribution in [0.5, 0.6) is 0 Å². The summed E-state index contributed by atoms with van der Waals surface area (Å²) in [7, 11) is 0. The fourth-order valence-electron chi connectivity index (χ4n) is 1.11. The molecular weight excluding hydrogens is 158 g/mol. The number of rotatable bonds is 0. The molecule has 2 rings (SSSR count). The number of hydrogen-bond donors (Lipinski definition) is 3. The summed E-state index contributed by atoms with van der Waals surface area (Å²) in [6, 6.07) is 0. The molecular formula is C7H7N3O2. The van der Waals surface area contributed by atoms with Gasteiger partial charge in [-0.05, 0) is 18.4 Å². The number of fused-ring (bicyclic) bond motifs is 1. The van der Waals surface area contributed by atoms with E-state index >= 15 is 0 Å². The highest BCUT2D eigenvalue weighted by Crippen LogP contribution is 2.04. The zero-order valence-corrected chi connectivity index (χ0v) is 6.13. The highest BCUT2D eigenvalue weighted by molar-refractivity contribution is 6.36. The fraction of sp³-hybridized carbons (Fsp3) is 0.143. The van der Waals surface area contributed by atoms with Crippen LogP contribution in [0.1, 0.15) is 0 Å². The molecule has 0 aromatic rings. The van der Waals surface area contributed by atoms with Gasteiger partial charge in [0.1, 0.15) is 6.17 Å². The number of carbonyl (C=O) groups is 2. The molecule has 1 atom stereocenters. The first-order chi connectivity index (χ1) is 5.77. The summed E-state index contributed by atoms with van der Waals surface area (Å²) in [5.41, 5.74) is 0.669. The Morgan fingerprint density at radius 1 is 1.25 bits per heavy atom. The minimum absolute atomic E-state index is 0.291. The molecule has 2 aliphatic heterocycles. The first-order valence-electron chi connectivity index (χ1n) is 3.52. The number of hydrogen-bond acceptors (Lipinski definition) is 3. The molecule has 0 radical (unpaired) electrons. The summed E-state index contributed by atoms with van der Waals surface area (Å²) in [4.78, 5) is 21.7. The Morgan fingerprint density at radius 2 is 2.08 bits per heavy atom. The smallest absolute Gasteiger partial charge is 0.313 e. The van der Waals surface area contributed by atoms with Gasteiger partial charge >= 0.3 is 11.8 Å². The van der Waals surface area contributed by atoms with Gasteiger partial charge in [0.2, 0.25) is 0 Å². The van der Waals surface area contributed by atoms with Gasteiger partial charge in [0.25, 0.3) is 0 Å². The van der Waals surface area contributed by atoms with E-state index in [2.05, 4.69) is 16.0 Å². The molecule has 62 valence electrons. The number of carbonyl (C=O) groups excluding carboxylic acids is 2. The quantitative estimate of drug-likeness (QED) is 0.385. The Kier molecular flexibility index (Phi) is 1.36. The summed E-state index contributed by atoms with van der Waals surface area (Å²) in [6.45, 7) is 0. The maximum absolute atomic E-state index is 10.8. The molecule has 5 nitrogen and oxygen atoms in total. The van der Waals surface area contributed by atoms with Crippen molar-refractivity contribution in [2.75, 3.05) is 0 Å². The van der Waals surface area contributed by atoms with Crippen LogP contribution in [0.4, 0.5) is 0 Å². The third-order valence-corrected chi connectivity index (χ3v) is 1.69. The van der Waals surface area contributed by atoms with Crippen LogP contribution in [0.2, 0.25) is 0 Å². The van der Waals surface area contributed by atoms with Crippen molar-refractivity contribution in [3.63, 3.8) is 0 Å². The zero-order chi connectivity index (χ0) is 8.55. The lowest BCUT2D eigenvalue weighted by Crippen LogP contribution is -2.59. The van der Waals surface area contributed by atoms with E-state index in [4.69, 9.17) is 0 Å². The van der Waals surface area contributed by atoms with E-state index in [1.54, 1.807) is 18.4 Å². The molecule has 5 heteroatoms. The molecule has 0 spiro atoms. The fourth-order valence-corrected chi connectivity index (χ4v) is 1.11. The molecule has 1 fully saturated rings. The van der Waals surface area contributed by atoms with Crippen LogP contribution in [-0.4, -0.2) is 18.0 Å². The summed E-state index contributed by atoms with van der Waals surface area (Å²) in [5, 5.41) is 7.83. The number of amides is 2. The second-order valence-electron chi connectivity index (χ2n) is 2.51. The molecule has 1 unspecified atom stereocenters. The first kappa shape index (κ1) is 6.90. The van der Waals surface area contributed by atoms with Crippen LogP contribution in [0, 0.1) is 0 Å². The van der Waals surface area contributed by atoms with E-state index in [0.29, 0.717) is 5.70 Å².